The molecular weight excluding hydrogens is 596 g/mol. The molecule has 1 heterocycles. The van der Waals surface area contributed by atoms with Crippen molar-refractivity contribution in [3.05, 3.63) is 67.8 Å². The van der Waals surface area contributed by atoms with Gasteiger partial charge < -0.3 is 40.6 Å². The van der Waals surface area contributed by atoms with E-state index in [1.54, 1.807) is 12.2 Å². The van der Waals surface area contributed by atoms with Crippen molar-refractivity contribution in [2.24, 2.45) is 11.7 Å². The molecule has 0 radical (unpaired) electrons. The summed E-state index contributed by atoms with van der Waals surface area (Å²) in [6, 6.07) is 4.61. The summed E-state index contributed by atoms with van der Waals surface area (Å²) < 4.78 is 15.5. The molecule has 1 aliphatic rings. The standard InChI is InChI=1S/C28H30N6O11/c1-43-22-15-19(27(36)44-2)13-21(34(41)42)24(22)30-8-3-4-9-31-25-20(33(39)40)12-18(26(29)35)14-23(25)45-11-5-6-17-7-10-32(16-17)28(37)38/h3-4,12-15,17,30-31H,7-11,16H2,1-2H3,(H2,29,35)(H,37,38). The minimum absolute atomic E-state index is 0.0236. The Bertz CT molecular complexity index is 1580. The van der Waals surface area contributed by atoms with Gasteiger partial charge in [-0.25, -0.2) is 9.59 Å². The minimum atomic E-state index is -1.03. The van der Waals surface area contributed by atoms with Gasteiger partial charge in [-0.15, -0.1) is 0 Å². The van der Waals surface area contributed by atoms with E-state index in [0.29, 0.717) is 13.0 Å². The van der Waals surface area contributed by atoms with Crippen molar-refractivity contribution >= 4 is 40.7 Å². The number of esters is 1. The van der Waals surface area contributed by atoms with E-state index in [9.17, 15) is 34.6 Å². The van der Waals surface area contributed by atoms with E-state index in [2.05, 4.69) is 27.2 Å². The second-order valence-corrected chi connectivity index (χ2v) is 9.37. The Hall–Kier alpha value is -6.05. The second-order valence-electron chi connectivity index (χ2n) is 9.37. The van der Waals surface area contributed by atoms with Gasteiger partial charge in [-0.05, 0) is 18.6 Å². The Kier molecular flexibility index (Phi) is 11.5. The van der Waals surface area contributed by atoms with Crippen molar-refractivity contribution in [1.29, 1.82) is 0 Å². The number of nitro groups is 2. The Balaban J connectivity index is 1.73. The number of nitro benzene ring substituents is 2. The van der Waals surface area contributed by atoms with Crippen LogP contribution >= 0.6 is 0 Å². The SMILES string of the molecule is COC(=O)c1cc(OC)c(NCC=CCNc2c(OCC#CC3CCN(C(=O)O)C3)cc(C(N)=O)cc2[N+](=O)[O-])c([N+](=O)[O-])c1. The summed E-state index contributed by atoms with van der Waals surface area (Å²) in [5.74, 6) is 3.83. The molecule has 0 spiro atoms. The summed E-state index contributed by atoms with van der Waals surface area (Å²) in [5.41, 5.74) is 4.22. The van der Waals surface area contributed by atoms with Crippen LogP contribution in [-0.4, -0.2) is 84.8 Å². The monoisotopic (exact) mass is 626 g/mol. The molecule has 2 amide bonds. The van der Waals surface area contributed by atoms with Gasteiger partial charge in [0.15, 0.2) is 17.1 Å². The van der Waals surface area contributed by atoms with Gasteiger partial charge in [0, 0.05) is 49.8 Å². The lowest BCUT2D eigenvalue weighted by atomic mass is 10.1. The van der Waals surface area contributed by atoms with Gasteiger partial charge >= 0.3 is 12.1 Å². The molecule has 2 aromatic carbocycles. The number of nitrogens with two attached hydrogens (primary N) is 1. The lowest BCUT2D eigenvalue weighted by molar-refractivity contribution is -0.384. The van der Waals surface area contributed by atoms with Crippen LogP contribution in [0.3, 0.4) is 0 Å². The number of anilines is 2. The first-order chi connectivity index (χ1) is 21.5. The predicted molar refractivity (Wildman–Crippen MR) is 160 cm³/mol. The average molecular weight is 627 g/mol. The Morgan fingerprint density at radius 1 is 1.02 bits per heavy atom. The third-order valence-electron chi connectivity index (χ3n) is 6.51. The third kappa shape index (κ3) is 8.73. The molecule has 2 aromatic rings. The van der Waals surface area contributed by atoms with Gasteiger partial charge in [0.1, 0.15) is 12.4 Å². The molecule has 0 aromatic heterocycles. The maximum atomic E-state index is 11.9. The third-order valence-corrected chi connectivity index (χ3v) is 6.51. The Morgan fingerprint density at radius 2 is 1.60 bits per heavy atom. The summed E-state index contributed by atoms with van der Waals surface area (Å²) in [6.07, 6.45) is 2.70. The zero-order valence-electron chi connectivity index (χ0n) is 24.2. The molecular formula is C28H30N6O11. The van der Waals surface area contributed by atoms with Gasteiger partial charge in [-0.3, -0.25) is 25.0 Å². The molecule has 17 nitrogen and oxygen atoms in total. The molecule has 1 aliphatic heterocycles. The second kappa shape index (κ2) is 15.4. The van der Waals surface area contributed by atoms with Gasteiger partial charge in [-0.2, -0.15) is 0 Å². The van der Waals surface area contributed by atoms with Crippen molar-refractivity contribution in [2.45, 2.75) is 6.42 Å². The number of likely N-dealkylation sites (tertiary alicyclic amines) is 1. The molecule has 1 unspecified atom stereocenters. The van der Waals surface area contributed by atoms with Crippen LogP contribution in [0.2, 0.25) is 0 Å². The first-order valence-electron chi connectivity index (χ1n) is 13.3. The highest BCUT2D eigenvalue weighted by atomic mass is 16.6. The van der Waals surface area contributed by atoms with E-state index in [4.69, 9.17) is 20.3 Å². The number of hydrogen-bond acceptors (Lipinski definition) is 12. The van der Waals surface area contributed by atoms with Crippen LogP contribution in [0.5, 0.6) is 11.5 Å². The molecule has 17 heteroatoms. The normalized spacial score (nSPS) is 13.8. The highest BCUT2D eigenvalue weighted by Gasteiger charge is 2.25. The summed E-state index contributed by atoms with van der Waals surface area (Å²) in [4.78, 5) is 58.1. The maximum absolute atomic E-state index is 11.9. The van der Waals surface area contributed by atoms with Gasteiger partial charge in [0.2, 0.25) is 5.91 Å². The zero-order valence-corrected chi connectivity index (χ0v) is 24.2. The maximum Gasteiger partial charge on any atom is 0.407 e. The van der Waals surface area contributed by atoms with Crippen LogP contribution < -0.4 is 25.8 Å². The average Bonchev–Trinajstić information content (AvgIpc) is 3.49. The molecule has 1 fully saturated rings. The minimum Gasteiger partial charge on any atom is -0.494 e. The summed E-state index contributed by atoms with van der Waals surface area (Å²) in [5, 5.41) is 38.3. The molecule has 0 saturated carbocycles. The Labute approximate surface area is 256 Å². The molecule has 238 valence electrons. The fourth-order valence-corrected chi connectivity index (χ4v) is 4.34. The van der Waals surface area contributed by atoms with Crippen molar-refractivity contribution in [3.63, 3.8) is 0 Å². The number of primary amides is 1. The van der Waals surface area contributed by atoms with Crippen molar-refractivity contribution in [2.75, 3.05) is 57.6 Å². The largest absolute Gasteiger partial charge is 0.494 e. The lowest BCUT2D eigenvalue weighted by Gasteiger charge is -2.13. The number of amides is 2. The number of nitrogens with zero attached hydrogens (tertiary/aromatic N) is 3. The van der Waals surface area contributed by atoms with Crippen LogP contribution in [0.25, 0.3) is 0 Å². The zero-order chi connectivity index (χ0) is 33.1. The van der Waals surface area contributed by atoms with Gasteiger partial charge in [-0.1, -0.05) is 24.0 Å². The quantitative estimate of drug-likeness (QED) is 0.0823. The fraction of sp³-hybridized carbons (Fsp3) is 0.321. The molecule has 5 N–H and O–H groups in total. The van der Waals surface area contributed by atoms with E-state index in [-0.39, 0.29) is 66.2 Å². The summed E-state index contributed by atoms with van der Waals surface area (Å²) in [6.45, 7) is 0.531. The smallest absolute Gasteiger partial charge is 0.407 e. The molecule has 45 heavy (non-hydrogen) atoms. The number of hydrogen-bond donors (Lipinski definition) is 4. The van der Waals surface area contributed by atoms with Crippen molar-refractivity contribution in [3.8, 4) is 23.3 Å². The fourth-order valence-electron chi connectivity index (χ4n) is 4.34. The summed E-state index contributed by atoms with van der Waals surface area (Å²) in [7, 11) is 2.43. The number of carbonyl (C=O) groups is 3. The van der Waals surface area contributed by atoms with Crippen LogP contribution in [0.15, 0.2) is 36.4 Å². The van der Waals surface area contributed by atoms with E-state index in [1.807, 2.05) is 0 Å². The van der Waals surface area contributed by atoms with E-state index >= 15 is 0 Å². The number of carboxylic acid groups (broad SMARTS) is 1. The van der Waals surface area contributed by atoms with Crippen LogP contribution in [0.1, 0.15) is 27.1 Å². The number of rotatable bonds is 13. The highest BCUT2D eigenvalue weighted by Crippen LogP contribution is 2.37. The number of nitrogens with one attached hydrogen (secondary N) is 2. The highest BCUT2D eigenvalue weighted by molar-refractivity contribution is 5.96. The van der Waals surface area contributed by atoms with Gasteiger partial charge in [0.25, 0.3) is 11.4 Å². The first kappa shape index (κ1) is 33.5. The van der Waals surface area contributed by atoms with E-state index < -0.39 is 39.2 Å². The summed E-state index contributed by atoms with van der Waals surface area (Å²) >= 11 is 0. The topological polar surface area (TPSA) is 239 Å². The number of methoxy groups -OCH3 is 2. The van der Waals surface area contributed by atoms with Crippen LogP contribution in [0.4, 0.5) is 27.5 Å². The van der Waals surface area contributed by atoms with Crippen LogP contribution in [0, 0.1) is 38.0 Å². The lowest BCUT2D eigenvalue weighted by Crippen LogP contribution is -2.26. The first-order valence-corrected chi connectivity index (χ1v) is 13.3. The number of ether oxygens (including phenoxy) is 3. The molecule has 1 atom stereocenters. The number of carbonyl (C=O) groups excluding carboxylic acids is 2. The molecule has 1 saturated heterocycles. The molecule has 0 bridgehead atoms. The molecule has 0 aliphatic carbocycles. The van der Waals surface area contributed by atoms with Crippen molar-refractivity contribution < 1.29 is 43.5 Å². The Morgan fingerprint density at radius 3 is 2.11 bits per heavy atom. The molecule has 3 rings (SSSR count). The van der Waals surface area contributed by atoms with E-state index in [0.717, 1.165) is 19.2 Å². The van der Waals surface area contributed by atoms with E-state index in [1.165, 1.54) is 24.1 Å². The van der Waals surface area contributed by atoms with Crippen LogP contribution in [-0.2, 0) is 4.74 Å². The van der Waals surface area contributed by atoms with Gasteiger partial charge in [0.05, 0.1) is 29.6 Å². The van der Waals surface area contributed by atoms with Crippen molar-refractivity contribution in [1.82, 2.24) is 4.90 Å². The number of benzene rings is 2. The predicted octanol–water partition coefficient (Wildman–Crippen LogP) is 2.86.